The Kier molecular flexibility index (Phi) is 8.46. The number of nitrogens with zero attached hydrogens (tertiary/aromatic N) is 1. The van der Waals surface area contributed by atoms with Crippen molar-refractivity contribution in [1.29, 1.82) is 0 Å². The predicted octanol–water partition coefficient (Wildman–Crippen LogP) is -0.454. The van der Waals surface area contributed by atoms with Crippen LogP contribution in [0.3, 0.4) is 0 Å². The van der Waals surface area contributed by atoms with E-state index < -0.39 is 5.97 Å². The van der Waals surface area contributed by atoms with Gasteiger partial charge in [-0.1, -0.05) is 6.92 Å². The fourth-order valence-electron chi connectivity index (χ4n) is 1.27. The molecule has 0 aliphatic rings. The molecule has 0 radical (unpaired) electrons. The molecule has 6 nitrogen and oxygen atoms in total. The lowest BCUT2D eigenvalue weighted by atomic mass is 10.3. The van der Waals surface area contributed by atoms with Gasteiger partial charge in [-0.15, -0.1) is 0 Å². The summed E-state index contributed by atoms with van der Waals surface area (Å²) in [5, 5.41) is 11.3. The molecule has 0 aromatic heterocycles. The van der Waals surface area contributed by atoms with Gasteiger partial charge in [0.2, 0.25) is 5.91 Å². The molecule has 16 heavy (non-hydrogen) atoms. The van der Waals surface area contributed by atoms with Crippen LogP contribution < -0.4 is 5.32 Å². The third kappa shape index (κ3) is 8.19. The summed E-state index contributed by atoms with van der Waals surface area (Å²) in [4.78, 5) is 23.5. The Morgan fingerprint density at radius 1 is 1.38 bits per heavy atom. The number of nitrogens with one attached hydrogen (secondary N) is 1. The molecule has 0 aromatic carbocycles. The number of methoxy groups -OCH3 is 1. The molecule has 0 rings (SSSR count). The van der Waals surface area contributed by atoms with Gasteiger partial charge in [0, 0.05) is 13.7 Å². The van der Waals surface area contributed by atoms with Crippen LogP contribution in [-0.2, 0) is 14.3 Å². The molecule has 94 valence electrons. The largest absolute Gasteiger partial charge is 0.480 e. The number of carboxylic acids is 1. The normalized spacial score (nSPS) is 10.4. The summed E-state index contributed by atoms with van der Waals surface area (Å²) in [6.07, 6.45) is 0.818. The molecule has 0 aromatic rings. The summed E-state index contributed by atoms with van der Waals surface area (Å²) in [7, 11) is 1.56. The minimum atomic E-state index is -0.918. The zero-order valence-corrected chi connectivity index (χ0v) is 9.86. The van der Waals surface area contributed by atoms with E-state index in [1.54, 1.807) is 12.0 Å². The summed E-state index contributed by atoms with van der Waals surface area (Å²) >= 11 is 0. The van der Waals surface area contributed by atoms with Crippen LogP contribution in [0.1, 0.15) is 13.3 Å². The summed E-state index contributed by atoms with van der Waals surface area (Å²) < 4.78 is 4.79. The van der Waals surface area contributed by atoms with Gasteiger partial charge >= 0.3 is 5.97 Å². The molecule has 0 bridgehead atoms. The number of hydrogen-bond acceptors (Lipinski definition) is 4. The summed E-state index contributed by atoms with van der Waals surface area (Å²) in [6, 6.07) is 0. The minimum Gasteiger partial charge on any atom is -0.480 e. The number of rotatable bonds is 9. The number of amides is 1. The topological polar surface area (TPSA) is 78.9 Å². The predicted molar refractivity (Wildman–Crippen MR) is 59.3 cm³/mol. The maximum absolute atomic E-state index is 11.4. The Hall–Kier alpha value is -1.14. The van der Waals surface area contributed by atoms with Gasteiger partial charge < -0.3 is 15.2 Å². The number of carboxylic acid groups (broad SMARTS) is 1. The number of ether oxygens (including phenoxy) is 1. The molecule has 0 fully saturated rings. The van der Waals surface area contributed by atoms with Gasteiger partial charge in [-0.2, -0.15) is 0 Å². The monoisotopic (exact) mass is 232 g/mol. The summed E-state index contributed by atoms with van der Waals surface area (Å²) in [6.45, 7) is 3.46. The van der Waals surface area contributed by atoms with E-state index in [1.165, 1.54) is 0 Å². The second-order valence-corrected chi connectivity index (χ2v) is 3.45. The first-order chi connectivity index (χ1) is 7.60. The van der Waals surface area contributed by atoms with Crippen LogP contribution >= 0.6 is 0 Å². The molecule has 1 amide bonds. The lowest BCUT2D eigenvalue weighted by Gasteiger charge is -2.18. The van der Waals surface area contributed by atoms with E-state index in [9.17, 15) is 9.59 Å². The molecule has 0 unspecified atom stereocenters. The molecule has 2 N–H and O–H groups in total. The van der Waals surface area contributed by atoms with Gasteiger partial charge in [0.05, 0.1) is 19.7 Å². The highest BCUT2D eigenvalue weighted by Gasteiger charge is 2.12. The SMILES string of the molecule is CCCN(CC(=O)O)CC(=O)NCCOC. The van der Waals surface area contributed by atoms with Crippen molar-refractivity contribution in [3.63, 3.8) is 0 Å². The highest BCUT2D eigenvalue weighted by Crippen LogP contribution is 1.91. The average Bonchev–Trinajstić information content (AvgIpc) is 2.17. The third-order valence-corrected chi connectivity index (χ3v) is 1.89. The van der Waals surface area contributed by atoms with E-state index in [1.807, 2.05) is 6.92 Å². The van der Waals surface area contributed by atoms with Gasteiger partial charge in [-0.3, -0.25) is 14.5 Å². The quantitative estimate of drug-likeness (QED) is 0.526. The maximum atomic E-state index is 11.4. The van der Waals surface area contributed by atoms with Crippen molar-refractivity contribution in [1.82, 2.24) is 10.2 Å². The lowest BCUT2D eigenvalue weighted by Crippen LogP contribution is -2.41. The van der Waals surface area contributed by atoms with Crippen LogP contribution in [0.5, 0.6) is 0 Å². The van der Waals surface area contributed by atoms with E-state index in [0.717, 1.165) is 6.42 Å². The van der Waals surface area contributed by atoms with E-state index in [-0.39, 0.29) is 19.0 Å². The first-order valence-electron chi connectivity index (χ1n) is 5.30. The Balaban J connectivity index is 3.87. The highest BCUT2D eigenvalue weighted by atomic mass is 16.5. The number of hydrogen-bond donors (Lipinski definition) is 2. The van der Waals surface area contributed by atoms with E-state index in [0.29, 0.717) is 19.7 Å². The van der Waals surface area contributed by atoms with Crippen molar-refractivity contribution >= 4 is 11.9 Å². The zero-order chi connectivity index (χ0) is 12.4. The van der Waals surface area contributed by atoms with E-state index >= 15 is 0 Å². The highest BCUT2D eigenvalue weighted by molar-refractivity contribution is 5.79. The summed E-state index contributed by atoms with van der Waals surface area (Å²) in [5.74, 6) is -1.09. The van der Waals surface area contributed by atoms with Gasteiger partial charge in [-0.05, 0) is 13.0 Å². The summed E-state index contributed by atoms with van der Waals surface area (Å²) in [5.41, 5.74) is 0. The first-order valence-corrected chi connectivity index (χ1v) is 5.30. The van der Waals surface area contributed by atoms with Crippen LogP contribution in [0.25, 0.3) is 0 Å². The van der Waals surface area contributed by atoms with Gasteiger partial charge in [0.1, 0.15) is 0 Å². The van der Waals surface area contributed by atoms with Crippen molar-refractivity contribution in [3.05, 3.63) is 0 Å². The molecule has 0 atom stereocenters. The second-order valence-electron chi connectivity index (χ2n) is 3.45. The number of carbonyl (C=O) groups is 2. The average molecular weight is 232 g/mol. The van der Waals surface area contributed by atoms with Gasteiger partial charge in [0.15, 0.2) is 0 Å². The van der Waals surface area contributed by atoms with Crippen LogP contribution in [0.4, 0.5) is 0 Å². The third-order valence-electron chi connectivity index (χ3n) is 1.89. The van der Waals surface area contributed by atoms with Gasteiger partial charge in [-0.25, -0.2) is 0 Å². The molecule has 0 saturated heterocycles. The Bertz CT molecular complexity index is 221. The van der Waals surface area contributed by atoms with Crippen molar-refractivity contribution in [2.24, 2.45) is 0 Å². The van der Waals surface area contributed by atoms with Crippen LogP contribution in [-0.4, -0.2) is 61.8 Å². The standard InChI is InChI=1S/C10H20N2O4/c1-3-5-12(8-10(14)15)7-9(13)11-4-6-16-2/h3-8H2,1-2H3,(H,11,13)(H,14,15). The lowest BCUT2D eigenvalue weighted by molar-refractivity contribution is -0.138. The second kappa shape index (κ2) is 9.11. The smallest absolute Gasteiger partial charge is 0.317 e. The zero-order valence-electron chi connectivity index (χ0n) is 9.86. The Morgan fingerprint density at radius 3 is 2.56 bits per heavy atom. The van der Waals surface area contributed by atoms with Crippen molar-refractivity contribution < 1.29 is 19.4 Å². The minimum absolute atomic E-state index is 0.106. The molecular formula is C10H20N2O4. The fraction of sp³-hybridized carbons (Fsp3) is 0.800. The molecule has 0 heterocycles. The number of aliphatic carboxylic acids is 1. The van der Waals surface area contributed by atoms with E-state index in [4.69, 9.17) is 9.84 Å². The van der Waals surface area contributed by atoms with Crippen molar-refractivity contribution in [2.75, 3.05) is 39.9 Å². The van der Waals surface area contributed by atoms with Crippen LogP contribution in [0, 0.1) is 0 Å². The molecule has 0 saturated carbocycles. The molecule has 0 aliphatic heterocycles. The Morgan fingerprint density at radius 2 is 2.06 bits per heavy atom. The maximum Gasteiger partial charge on any atom is 0.317 e. The Labute approximate surface area is 95.6 Å². The fourth-order valence-corrected chi connectivity index (χ4v) is 1.27. The van der Waals surface area contributed by atoms with Crippen molar-refractivity contribution in [3.8, 4) is 0 Å². The molecule has 6 heteroatoms. The van der Waals surface area contributed by atoms with Gasteiger partial charge in [0.25, 0.3) is 0 Å². The molecule has 0 spiro atoms. The molecule has 0 aliphatic carbocycles. The first kappa shape index (κ1) is 14.9. The van der Waals surface area contributed by atoms with Crippen LogP contribution in [0.15, 0.2) is 0 Å². The molecular weight excluding hydrogens is 212 g/mol. The van der Waals surface area contributed by atoms with Crippen LogP contribution in [0.2, 0.25) is 0 Å². The number of carbonyl (C=O) groups excluding carboxylic acids is 1. The van der Waals surface area contributed by atoms with Crippen molar-refractivity contribution in [2.45, 2.75) is 13.3 Å². The van der Waals surface area contributed by atoms with E-state index in [2.05, 4.69) is 5.32 Å².